The van der Waals surface area contributed by atoms with Gasteiger partial charge in [0.25, 0.3) is 5.91 Å². The smallest absolute Gasteiger partial charge is 0.254 e. The van der Waals surface area contributed by atoms with Crippen LogP contribution >= 0.6 is 0 Å². The van der Waals surface area contributed by atoms with Gasteiger partial charge in [0.2, 0.25) is 5.91 Å². The molecule has 1 fully saturated rings. The van der Waals surface area contributed by atoms with Crippen molar-refractivity contribution in [2.75, 3.05) is 26.2 Å². The number of benzene rings is 2. The van der Waals surface area contributed by atoms with Crippen LogP contribution in [0.1, 0.15) is 32.9 Å². The van der Waals surface area contributed by atoms with Gasteiger partial charge in [-0.05, 0) is 37.6 Å². The summed E-state index contributed by atoms with van der Waals surface area (Å²) in [7, 11) is 0. The van der Waals surface area contributed by atoms with E-state index in [1.165, 1.54) is 0 Å². The van der Waals surface area contributed by atoms with Gasteiger partial charge in [0, 0.05) is 37.3 Å². The van der Waals surface area contributed by atoms with E-state index in [1.54, 1.807) is 21.9 Å². The molecule has 0 unspecified atom stereocenters. The Kier molecular flexibility index (Phi) is 6.54. The van der Waals surface area contributed by atoms with Crippen molar-refractivity contribution >= 4 is 11.8 Å². The minimum atomic E-state index is -0.0482. The normalized spacial score (nSPS) is 13.8. The molecule has 0 spiro atoms. The van der Waals surface area contributed by atoms with Gasteiger partial charge in [0.05, 0.1) is 12.1 Å². The molecule has 1 aromatic heterocycles. The summed E-state index contributed by atoms with van der Waals surface area (Å²) in [5, 5.41) is 3.91. The second kappa shape index (κ2) is 9.68. The monoisotopic (exact) mass is 433 g/mol. The Morgan fingerprint density at radius 3 is 2.38 bits per heavy atom. The number of aryl methyl sites for hydroxylation is 2. The molecule has 0 bridgehead atoms. The van der Waals surface area contributed by atoms with Crippen molar-refractivity contribution in [3.05, 3.63) is 82.7 Å². The van der Waals surface area contributed by atoms with Crippen LogP contribution in [-0.4, -0.2) is 52.9 Å². The van der Waals surface area contributed by atoms with Crippen molar-refractivity contribution in [1.29, 1.82) is 0 Å². The van der Waals surface area contributed by atoms with E-state index in [0.717, 1.165) is 16.8 Å². The summed E-state index contributed by atoms with van der Waals surface area (Å²) in [5.74, 6) is 1.32. The molecule has 7 nitrogen and oxygen atoms in total. The Morgan fingerprint density at radius 2 is 1.69 bits per heavy atom. The first kappa shape index (κ1) is 21.6. The first-order chi connectivity index (χ1) is 15.5. The maximum Gasteiger partial charge on any atom is 0.254 e. The summed E-state index contributed by atoms with van der Waals surface area (Å²) in [4.78, 5) is 29.3. The molecule has 0 N–H and O–H groups in total. The first-order valence-corrected chi connectivity index (χ1v) is 10.8. The highest BCUT2D eigenvalue weighted by Crippen LogP contribution is 2.19. The molecule has 1 aliphatic rings. The third-order valence-corrected chi connectivity index (χ3v) is 5.76. The van der Waals surface area contributed by atoms with Crippen LogP contribution in [0.3, 0.4) is 0 Å². The number of aromatic nitrogens is 1. The number of rotatable bonds is 6. The summed E-state index contributed by atoms with van der Waals surface area (Å²) in [5.41, 5.74) is 3.26. The van der Waals surface area contributed by atoms with Gasteiger partial charge in [-0.1, -0.05) is 41.6 Å². The number of hydrogen-bond donors (Lipinski definition) is 0. The third-order valence-electron chi connectivity index (χ3n) is 5.76. The molecule has 2 aromatic carbocycles. The van der Waals surface area contributed by atoms with E-state index in [0.29, 0.717) is 49.9 Å². The van der Waals surface area contributed by atoms with Gasteiger partial charge >= 0.3 is 0 Å². The molecule has 0 radical (unpaired) electrons. The van der Waals surface area contributed by atoms with Crippen molar-refractivity contribution in [3.8, 4) is 5.75 Å². The Bertz CT molecular complexity index is 1070. The van der Waals surface area contributed by atoms with Crippen molar-refractivity contribution in [3.63, 3.8) is 0 Å². The SMILES string of the molecule is Cc1noc(C)c1CC(=O)N1CCN(C(=O)c2cccc(OCc3ccccc3)c2)CC1. The summed E-state index contributed by atoms with van der Waals surface area (Å²) < 4.78 is 11.0. The second-order valence-corrected chi connectivity index (χ2v) is 7.95. The molecule has 2 heterocycles. The summed E-state index contributed by atoms with van der Waals surface area (Å²) >= 11 is 0. The van der Waals surface area contributed by atoms with Crippen LogP contribution < -0.4 is 4.74 Å². The minimum absolute atomic E-state index is 0.0304. The fraction of sp³-hybridized carbons (Fsp3) is 0.320. The molecule has 0 atom stereocenters. The highest BCUT2D eigenvalue weighted by molar-refractivity contribution is 5.94. The molecule has 32 heavy (non-hydrogen) atoms. The summed E-state index contributed by atoms with van der Waals surface area (Å²) in [6, 6.07) is 17.2. The zero-order chi connectivity index (χ0) is 22.5. The lowest BCUT2D eigenvalue weighted by Gasteiger charge is -2.35. The van der Waals surface area contributed by atoms with Crippen LogP contribution in [0.2, 0.25) is 0 Å². The molecular formula is C25H27N3O4. The molecular weight excluding hydrogens is 406 g/mol. The van der Waals surface area contributed by atoms with Gasteiger partial charge in [0.15, 0.2) is 0 Å². The van der Waals surface area contributed by atoms with Gasteiger partial charge < -0.3 is 19.1 Å². The number of carbonyl (C=O) groups excluding carboxylic acids is 2. The van der Waals surface area contributed by atoms with Crippen molar-refractivity contribution < 1.29 is 18.8 Å². The number of carbonyl (C=O) groups is 2. The largest absolute Gasteiger partial charge is 0.489 e. The van der Waals surface area contributed by atoms with E-state index >= 15 is 0 Å². The minimum Gasteiger partial charge on any atom is -0.489 e. The highest BCUT2D eigenvalue weighted by atomic mass is 16.5. The predicted molar refractivity (Wildman–Crippen MR) is 119 cm³/mol. The maximum absolute atomic E-state index is 13.0. The van der Waals surface area contributed by atoms with E-state index in [-0.39, 0.29) is 18.2 Å². The van der Waals surface area contributed by atoms with E-state index in [1.807, 2.05) is 56.3 Å². The number of amides is 2. The maximum atomic E-state index is 13.0. The Morgan fingerprint density at radius 1 is 0.969 bits per heavy atom. The molecule has 1 aliphatic heterocycles. The molecule has 3 aromatic rings. The van der Waals surface area contributed by atoms with Crippen LogP contribution in [-0.2, 0) is 17.8 Å². The summed E-state index contributed by atoms with van der Waals surface area (Å²) in [6.07, 6.45) is 0.274. The van der Waals surface area contributed by atoms with Gasteiger partial charge in [-0.15, -0.1) is 0 Å². The lowest BCUT2D eigenvalue weighted by molar-refractivity contribution is -0.131. The molecule has 1 saturated heterocycles. The molecule has 4 rings (SSSR count). The standard InChI is InChI=1S/C25H27N3O4/c1-18-23(19(2)32-26-18)16-24(29)27-11-13-28(14-12-27)25(30)21-9-6-10-22(15-21)31-17-20-7-4-3-5-8-20/h3-10,15H,11-14,16-17H2,1-2H3. The van der Waals surface area contributed by atoms with Crippen molar-refractivity contribution in [2.24, 2.45) is 0 Å². The fourth-order valence-electron chi connectivity index (χ4n) is 3.82. The van der Waals surface area contributed by atoms with E-state index < -0.39 is 0 Å². The summed E-state index contributed by atoms with van der Waals surface area (Å²) in [6.45, 7) is 6.13. The molecule has 2 amide bonds. The first-order valence-electron chi connectivity index (χ1n) is 10.8. The zero-order valence-corrected chi connectivity index (χ0v) is 18.4. The van der Waals surface area contributed by atoms with Crippen LogP contribution in [0.5, 0.6) is 5.75 Å². The predicted octanol–water partition coefficient (Wildman–Crippen LogP) is 3.40. The van der Waals surface area contributed by atoms with E-state index in [2.05, 4.69) is 5.16 Å². The third kappa shape index (κ3) is 4.99. The average molecular weight is 434 g/mol. The van der Waals surface area contributed by atoms with Crippen molar-refractivity contribution in [1.82, 2.24) is 15.0 Å². The molecule has 7 heteroatoms. The van der Waals surface area contributed by atoms with Gasteiger partial charge in [0.1, 0.15) is 18.1 Å². The van der Waals surface area contributed by atoms with Crippen LogP contribution in [0.25, 0.3) is 0 Å². The van der Waals surface area contributed by atoms with Gasteiger partial charge in [-0.3, -0.25) is 9.59 Å². The lowest BCUT2D eigenvalue weighted by atomic mass is 10.1. The Labute approximate surface area is 187 Å². The van der Waals surface area contributed by atoms with E-state index in [9.17, 15) is 9.59 Å². The number of nitrogens with zero attached hydrogens (tertiary/aromatic N) is 3. The molecule has 0 aliphatic carbocycles. The number of ether oxygens (including phenoxy) is 1. The zero-order valence-electron chi connectivity index (χ0n) is 18.4. The van der Waals surface area contributed by atoms with Crippen LogP contribution in [0.15, 0.2) is 59.1 Å². The number of piperazine rings is 1. The average Bonchev–Trinajstić information content (AvgIpc) is 3.15. The van der Waals surface area contributed by atoms with Gasteiger partial charge in [-0.2, -0.15) is 0 Å². The molecule has 0 saturated carbocycles. The highest BCUT2D eigenvalue weighted by Gasteiger charge is 2.26. The molecule has 166 valence electrons. The van der Waals surface area contributed by atoms with Gasteiger partial charge in [-0.25, -0.2) is 0 Å². The van der Waals surface area contributed by atoms with E-state index in [4.69, 9.17) is 9.26 Å². The Hall–Kier alpha value is -3.61. The lowest BCUT2D eigenvalue weighted by Crippen LogP contribution is -2.51. The number of hydrogen-bond acceptors (Lipinski definition) is 5. The second-order valence-electron chi connectivity index (χ2n) is 7.95. The fourth-order valence-corrected chi connectivity index (χ4v) is 3.82. The quantitative estimate of drug-likeness (QED) is 0.596. The topological polar surface area (TPSA) is 75.9 Å². The van der Waals surface area contributed by atoms with Crippen LogP contribution in [0, 0.1) is 13.8 Å². The van der Waals surface area contributed by atoms with Crippen molar-refractivity contribution in [2.45, 2.75) is 26.9 Å². The Balaban J connectivity index is 1.32. The van der Waals surface area contributed by atoms with Crippen LogP contribution in [0.4, 0.5) is 0 Å².